The van der Waals surface area contributed by atoms with Gasteiger partial charge < -0.3 is 14.8 Å². The van der Waals surface area contributed by atoms with Crippen molar-refractivity contribution in [2.75, 3.05) is 11.9 Å². The molecule has 6 nitrogen and oxygen atoms in total. The Labute approximate surface area is 173 Å². The zero-order valence-corrected chi connectivity index (χ0v) is 15.9. The third kappa shape index (κ3) is 4.80. The minimum absolute atomic E-state index is 0.105. The Balaban J connectivity index is 1.37. The Kier molecular flexibility index (Phi) is 5.66. The third-order valence-corrected chi connectivity index (χ3v) is 4.25. The van der Waals surface area contributed by atoms with Crippen molar-refractivity contribution in [1.29, 1.82) is 0 Å². The van der Waals surface area contributed by atoms with Crippen LogP contribution in [0.2, 0.25) is 0 Å². The highest BCUT2D eigenvalue weighted by molar-refractivity contribution is 6.12. The Hall–Kier alpha value is -4.19. The van der Waals surface area contributed by atoms with Gasteiger partial charge in [-0.1, -0.05) is 48.5 Å². The van der Waals surface area contributed by atoms with E-state index in [0.717, 1.165) is 11.1 Å². The van der Waals surface area contributed by atoms with E-state index >= 15 is 0 Å². The Bertz CT molecular complexity index is 1100. The summed E-state index contributed by atoms with van der Waals surface area (Å²) in [5.74, 6) is 0.0923. The van der Waals surface area contributed by atoms with E-state index in [2.05, 4.69) is 10.3 Å². The summed E-state index contributed by atoms with van der Waals surface area (Å²) in [5, 5.41) is 2.75. The molecule has 1 heterocycles. The van der Waals surface area contributed by atoms with Crippen LogP contribution in [0.15, 0.2) is 95.6 Å². The number of carbonyl (C=O) groups excluding carboxylic acids is 2. The lowest BCUT2D eigenvalue weighted by Gasteiger charge is -2.07. The maximum absolute atomic E-state index is 12.1. The molecular formula is C24H18N2O4. The van der Waals surface area contributed by atoms with Gasteiger partial charge in [-0.05, 0) is 48.0 Å². The number of para-hydroxylation sites is 1. The van der Waals surface area contributed by atoms with Crippen molar-refractivity contribution in [3.05, 3.63) is 102 Å². The highest BCUT2D eigenvalue weighted by Crippen LogP contribution is 2.20. The van der Waals surface area contributed by atoms with Crippen LogP contribution in [-0.2, 0) is 14.3 Å². The zero-order chi connectivity index (χ0) is 20.8. The molecule has 3 aromatic rings. The zero-order valence-electron chi connectivity index (χ0n) is 15.9. The second kappa shape index (κ2) is 8.87. The van der Waals surface area contributed by atoms with Crippen molar-refractivity contribution < 1.29 is 19.1 Å². The topological polar surface area (TPSA) is 77.0 Å². The van der Waals surface area contributed by atoms with Gasteiger partial charge in [0.25, 0.3) is 5.91 Å². The maximum atomic E-state index is 12.1. The summed E-state index contributed by atoms with van der Waals surface area (Å²) in [6.07, 6.45) is 1.64. The van der Waals surface area contributed by atoms with Gasteiger partial charge >= 0.3 is 5.97 Å². The molecule has 1 aliphatic rings. The first-order chi connectivity index (χ1) is 14.7. The van der Waals surface area contributed by atoms with Crippen molar-refractivity contribution >= 4 is 29.5 Å². The van der Waals surface area contributed by atoms with E-state index in [1.54, 1.807) is 42.5 Å². The minimum Gasteiger partial charge on any atom is -0.484 e. The fraction of sp³-hybridized carbons (Fsp3) is 0.0417. The van der Waals surface area contributed by atoms with Crippen LogP contribution in [0.1, 0.15) is 11.1 Å². The predicted octanol–water partition coefficient (Wildman–Crippen LogP) is 4.05. The van der Waals surface area contributed by atoms with Crippen LogP contribution in [0, 0.1) is 0 Å². The van der Waals surface area contributed by atoms with E-state index in [9.17, 15) is 9.59 Å². The molecule has 0 aromatic heterocycles. The van der Waals surface area contributed by atoms with Crippen LogP contribution in [0.5, 0.6) is 5.75 Å². The van der Waals surface area contributed by atoms with Crippen LogP contribution >= 0.6 is 0 Å². The average Bonchev–Trinajstić information content (AvgIpc) is 3.15. The molecular weight excluding hydrogens is 380 g/mol. The number of nitrogens with one attached hydrogen (secondary N) is 1. The number of rotatable bonds is 6. The van der Waals surface area contributed by atoms with Crippen LogP contribution in [0.4, 0.5) is 5.69 Å². The lowest BCUT2D eigenvalue weighted by Crippen LogP contribution is -2.20. The molecule has 0 radical (unpaired) electrons. The molecule has 4 rings (SSSR count). The van der Waals surface area contributed by atoms with Crippen LogP contribution in [0.25, 0.3) is 6.08 Å². The maximum Gasteiger partial charge on any atom is 0.363 e. The summed E-state index contributed by atoms with van der Waals surface area (Å²) in [7, 11) is 0. The molecule has 0 aliphatic carbocycles. The first-order valence-electron chi connectivity index (χ1n) is 9.33. The number of hydrogen-bond acceptors (Lipinski definition) is 5. The molecule has 0 bridgehead atoms. The SMILES string of the molecule is O=C(COc1ccc(/C=C2/N=C(c3ccccc3)OC2=O)cc1)Nc1ccccc1. The molecule has 0 spiro atoms. The Morgan fingerprint density at radius 1 is 0.933 bits per heavy atom. The Morgan fingerprint density at radius 3 is 2.30 bits per heavy atom. The van der Waals surface area contributed by atoms with Crippen molar-refractivity contribution in [1.82, 2.24) is 0 Å². The summed E-state index contributed by atoms with van der Waals surface area (Å²) in [5.41, 5.74) is 2.45. The van der Waals surface area contributed by atoms with Crippen molar-refractivity contribution in [2.24, 2.45) is 4.99 Å². The van der Waals surface area contributed by atoms with E-state index in [4.69, 9.17) is 9.47 Å². The number of esters is 1. The number of cyclic esters (lactones) is 1. The molecule has 0 fully saturated rings. The fourth-order valence-electron chi connectivity index (χ4n) is 2.80. The third-order valence-electron chi connectivity index (χ3n) is 4.25. The second-order valence-electron chi connectivity index (χ2n) is 6.47. The second-order valence-corrected chi connectivity index (χ2v) is 6.47. The molecule has 3 aromatic carbocycles. The molecule has 6 heteroatoms. The highest BCUT2D eigenvalue weighted by Gasteiger charge is 2.23. The number of hydrogen-bond donors (Lipinski definition) is 1. The normalized spacial score (nSPS) is 14.2. The summed E-state index contributed by atoms with van der Waals surface area (Å²) in [4.78, 5) is 28.3. The molecule has 1 aliphatic heterocycles. The number of anilines is 1. The number of ether oxygens (including phenoxy) is 2. The van der Waals surface area contributed by atoms with Crippen LogP contribution in [-0.4, -0.2) is 24.4 Å². The van der Waals surface area contributed by atoms with Crippen LogP contribution < -0.4 is 10.1 Å². The number of nitrogens with zero attached hydrogens (tertiary/aromatic N) is 1. The average molecular weight is 398 g/mol. The molecule has 0 saturated carbocycles. The van der Waals surface area contributed by atoms with Crippen molar-refractivity contribution in [3.63, 3.8) is 0 Å². The van der Waals surface area contributed by atoms with E-state index in [1.807, 2.05) is 48.5 Å². The first kappa shape index (κ1) is 19.1. The van der Waals surface area contributed by atoms with E-state index in [-0.39, 0.29) is 24.1 Å². The monoisotopic (exact) mass is 398 g/mol. The van der Waals surface area contributed by atoms with E-state index < -0.39 is 5.97 Å². The van der Waals surface area contributed by atoms with Crippen molar-refractivity contribution in [2.45, 2.75) is 0 Å². The largest absolute Gasteiger partial charge is 0.484 e. The van der Waals surface area contributed by atoms with Gasteiger partial charge in [0.1, 0.15) is 5.75 Å². The van der Waals surface area contributed by atoms with Gasteiger partial charge in [-0.2, -0.15) is 0 Å². The van der Waals surface area contributed by atoms with Gasteiger partial charge in [0.05, 0.1) is 0 Å². The highest BCUT2D eigenvalue weighted by atomic mass is 16.6. The first-order valence-corrected chi connectivity index (χ1v) is 9.33. The van der Waals surface area contributed by atoms with Gasteiger partial charge in [-0.25, -0.2) is 9.79 Å². The molecule has 30 heavy (non-hydrogen) atoms. The number of amides is 1. The number of aliphatic imine (C=N–C) groups is 1. The smallest absolute Gasteiger partial charge is 0.363 e. The summed E-state index contributed by atoms with van der Waals surface area (Å²) in [6.45, 7) is -0.105. The summed E-state index contributed by atoms with van der Waals surface area (Å²) >= 11 is 0. The standard InChI is InChI=1S/C24H18N2O4/c27-22(25-19-9-5-2-6-10-19)16-29-20-13-11-17(12-14-20)15-21-24(28)30-23(26-21)18-7-3-1-4-8-18/h1-15H,16H2,(H,25,27)/b21-15+. The molecule has 0 atom stereocenters. The molecule has 1 amide bonds. The van der Waals surface area contributed by atoms with Gasteiger partial charge in [0.15, 0.2) is 12.3 Å². The lowest BCUT2D eigenvalue weighted by molar-refractivity contribution is -0.130. The molecule has 148 valence electrons. The van der Waals surface area contributed by atoms with E-state index in [1.165, 1.54) is 0 Å². The molecule has 1 N–H and O–H groups in total. The van der Waals surface area contributed by atoms with E-state index in [0.29, 0.717) is 11.4 Å². The lowest BCUT2D eigenvalue weighted by atomic mass is 10.2. The molecule has 0 saturated heterocycles. The minimum atomic E-state index is -0.494. The van der Waals surface area contributed by atoms with Gasteiger partial charge in [0, 0.05) is 11.3 Å². The number of benzene rings is 3. The fourth-order valence-corrected chi connectivity index (χ4v) is 2.80. The summed E-state index contributed by atoms with van der Waals surface area (Å²) < 4.78 is 10.8. The van der Waals surface area contributed by atoms with Gasteiger partial charge in [-0.15, -0.1) is 0 Å². The predicted molar refractivity (Wildman–Crippen MR) is 114 cm³/mol. The summed E-state index contributed by atoms with van der Waals surface area (Å²) in [6, 6.07) is 25.4. The van der Waals surface area contributed by atoms with Crippen LogP contribution in [0.3, 0.4) is 0 Å². The Morgan fingerprint density at radius 2 is 1.60 bits per heavy atom. The number of carbonyl (C=O) groups is 2. The molecule has 0 unspecified atom stereocenters. The van der Waals surface area contributed by atoms with Gasteiger partial charge in [-0.3, -0.25) is 4.79 Å². The van der Waals surface area contributed by atoms with Gasteiger partial charge in [0.2, 0.25) is 5.90 Å². The quantitative estimate of drug-likeness (QED) is 0.502. The van der Waals surface area contributed by atoms with Crippen molar-refractivity contribution in [3.8, 4) is 5.75 Å².